The molecule has 9 heteroatoms. The average molecular weight is 460 g/mol. The molecule has 2 aromatic carbocycles. The molecule has 0 bridgehead atoms. The van der Waals surface area contributed by atoms with Crippen LogP contribution >= 0.6 is 0 Å². The second kappa shape index (κ2) is 8.99. The van der Waals surface area contributed by atoms with E-state index in [4.69, 9.17) is 0 Å². The van der Waals surface area contributed by atoms with E-state index in [1.165, 1.54) is 16.4 Å². The van der Waals surface area contributed by atoms with Gasteiger partial charge in [0.05, 0.1) is 4.90 Å². The number of rotatable bonds is 5. The summed E-state index contributed by atoms with van der Waals surface area (Å²) in [5.41, 5.74) is 2.11. The van der Waals surface area contributed by atoms with E-state index in [0.717, 1.165) is 23.3 Å². The lowest BCUT2D eigenvalue weighted by Crippen LogP contribution is -2.58. The van der Waals surface area contributed by atoms with Gasteiger partial charge < -0.3 is 9.80 Å². The molecule has 0 spiro atoms. The number of hydrogen-bond donors (Lipinski definition) is 0. The highest BCUT2D eigenvalue weighted by Gasteiger charge is 2.39. The molecule has 0 N–H and O–H groups in total. The molecule has 7 nitrogen and oxygen atoms in total. The molecule has 170 valence electrons. The van der Waals surface area contributed by atoms with E-state index in [0.29, 0.717) is 32.5 Å². The van der Waals surface area contributed by atoms with E-state index >= 15 is 0 Å². The predicted octanol–water partition coefficient (Wildman–Crippen LogP) is 2.16. The number of piperazine rings is 1. The van der Waals surface area contributed by atoms with Crippen LogP contribution in [0.1, 0.15) is 24.0 Å². The number of hydrogen-bond acceptors (Lipinski definition) is 4. The van der Waals surface area contributed by atoms with Crippen molar-refractivity contribution in [3.8, 4) is 0 Å². The summed E-state index contributed by atoms with van der Waals surface area (Å²) in [5.74, 6) is -1.53. The van der Waals surface area contributed by atoms with Gasteiger partial charge in [-0.15, -0.1) is 0 Å². The zero-order valence-corrected chi connectivity index (χ0v) is 18.7. The fraction of sp³-hybridized carbons (Fsp3) is 0.391. The van der Waals surface area contributed by atoms with E-state index in [1.807, 2.05) is 31.2 Å². The number of carbonyl (C=O) groups excluding carboxylic acids is 2. The summed E-state index contributed by atoms with van der Waals surface area (Å²) < 4.78 is 40.1. The van der Waals surface area contributed by atoms with Crippen LogP contribution in [0.3, 0.4) is 0 Å². The summed E-state index contributed by atoms with van der Waals surface area (Å²) in [4.78, 5) is 28.7. The fourth-order valence-electron chi connectivity index (χ4n) is 4.25. The Labute approximate surface area is 187 Å². The van der Waals surface area contributed by atoms with Gasteiger partial charge in [0.1, 0.15) is 5.82 Å². The van der Waals surface area contributed by atoms with Crippen molar-refractivity contribution in [2.75, 3.05) is 26.2 Å². The lowest BCUT2D eigenvalue weighted by molar-refractivity contribution is -0.158. The monoisotopic (exact) mass is 459 g/mol. The highest BCUT2D eigenvalue weighted by molar-refractivity contribution is 7.89. The number of halogens is 1. The topological polar surface area (TPSA) is 78.0 Å². The van der Waals surface area contributed by atoms with Crippen LogP contribution in [-0.4, -0.2) is 66.6 Å². The van der Waals surface area contributed by atoms with E-state index in [2.05, 4.69) is 0 Å². The first-order valence-electron chi connectivity index (χ1n) is 10.7. The number of benzene rings is 2. The lowest BCUT2D eigenvalue weighted by Gasteiger charge is -2.41. The third-order valence-electron chi connectivity index (χ3n) is 6.15. The zero-order chi connectivity index (χ0) is 22.9. The lowest BCUT2D eigenvalue weighted by atomic mass is 10.0. The highest BCUT2D eigenvalue weighted by Crippen LogP contribution is 2.25. The molecule has 0 aromatic heterocycles. The summed E-state index contributed by atoms with van der Waals surface area (Å²) in [5, 5.41) is 0. The third kappa shape index (κ3) is 4.54. The van der Waals surface area contributed by atoms with Crippen LogP contribution in [0.4, 0.5) is 4.39 Å². The van der Waals surface area contributed by atoms with Crippen LogP contribution in [0.15, 0.2) is 53.4 Å². The summed E-state index contributed by atoms with van der Waals surface area (Å²) >= 11 is 0. The van der Waals surface area contributed by atoms with Gasteiger partial charge in [0.15, 0.2) is 0 Å². The molecule has 32 heavy (non-hydrogen) atoms. The van der Waals surface area contributed by atoms with Crippen LogP contribution < -0.4 is 0 Å². The third-order valence-corrected chi connectivity index (χ3v) is 8.06. The second-order valence-electron chi connectivity index (χ2n) is 8.30. The molecule has 0 saturated carbocycles. The van der Waals surface area contributed by atoms with Crippen LogP contribution in [0.2, 0.25) is 0 Å². The Balaban J connectivity index is 1.36. The van der Waals surface area contributed by atoms with Gasteiger partial charge in [-0.1, -0.05) is 29.8 Å². The van der Waals surface area contributed by atoms with Crippen molar-refractivity contribution < 1.29 is 22.4 Å². The minimum Gasteiger partial charge on any atom is -0.330 e. The largest absolute Gasteiger partial charge is 0.330 e. The first kappa shape index (κ1) is 22.4. The first-order chi connectivity index (χ1) is 15.3. The van der Waals surface area contributed by atoms with Crippen LogP contribution in [0, 0.1) is 12.7 Å². The molecular weight excluding hydrogens is 433 g/mol. The van der Waals surface area contributed by atoms with Gasteiger partial charge >= 0.3 is 11.8 Å². The molecule has 2 heterocycles. The maximum atomic E-state index is 13.1. The maximum absolute atomic E-state index is 13.1. The second-order valence-corrected chi connectivity index (χ2v) is 10.2. The Morgan fingerprint density at radius 1 is 0.875 bits per heavy atom. The highest BCUT2D eigenvalue weighted by atomic mass is 32.2. The van der Waals surface area contributed by atoms with Crippen molar-refractivity contribution in [1.29, 1.82) is 0 Å². The smallest absolute Gasteiger partial charge is 0.312 e. The van der Waals surface area contributed by atoms with Crippen LogP contribution in [-0.2, 0) is 26.2 Å². The minimum absolute atomic E-state index is 0.0494. The van der Waals surface area contributed by atoms with Crippen LogP contribution in [0.5, 0.6) is 0 Å². The summed E-state index contributed by atoms with van der Waals surface area (Å²) in [6, 6.07) is 12.5. The summed E-state index contributed by atoms with van der Waals surface area (Å²) in [7, 11) is -3.72. The molecule has 2 aliphatic rings. The maximum Gasteiger partial charge on any atom is 0.312 e. The number of nitrogens with zero attached hydrogens (tertiary/aromatic N) is 3. The van der Waals surface area contributed by atoms with Gasteiger partial charge in [-0.3, -0.25) is 9.59 Å². The van der Waals surface area contributed by atoms with Crippen molar-refractivity contribution in [3.63, 3.8) is 0 Å². The van der Waals surface area contributed by atoms with Crippen molar-refractivity contribution in [2.45, 2.75) is 37.2 Å². The van der Waals surface area contributed by atoms with E-state index < -0.39 is 27.7 Å². The average Bonchev–Trinajstić information content (AvgIpc) is 2.79. The standard InChI is InChI=1S/C23H26FN3O4S/c1-17-2-4-18(5-3-17)16-25-14-15-27(23(29)22(25)28)20-10-12-26(13-11-20)32(30,31)21-8-6-19(24)7-9-21/h2-9,20H,10-16H2,1H3. The van der Waals surface area contributed by atoms with Crippen molar-refractivity contribution in [3.05, 3.63) is 65.5 Å². The van der Waals surface area contributed by atoms with Gasteiger partial charge in [0.25, 0.3) is 0 Å². The Kier molecular flexibility index (Phi) is 6.30. The van der Waals surface area contributed by atoms with Gasteiger partial charge in [-0.25, -0.2) is 12.8 Å². The fourth-order valence-corrected chi connectivity index (χ4v) is 5.72. The number of amides is 2. The van der Waals surface area contributed by atoms with E-state index in [-0.39, 0.29) is 24.0 Å². The molecule has 2 aliphatic heterocycles. The molecule has 4 rings (SSSR count). The number of aryl methyl sites for hydroxylation is 1. The van der Waals surface area contributed by atoms with Crippen molar-refractivity contribution >= 4 is 21.8 Å². The zero-order valence-electron chi connectivity index (χ0n) is 17.9. The normalized spacial score (nSPS) is 18.9. The van der Waals surface area contributed by atoms with E-state index in [9.17, 15) is 22.4 Å². The first-order valence-corrected chi connectivity index (χ1v) is 12.1. The van der Waals surface area contributed by atoms with Gasteiger partial charge in [-0.05, 0) is 49.6 Å². The summed E-state index contributed by atoms with van der Waals surface area (Å²) in [6.45, 7) is 3.77. The molecule has 0 unspecified atom stereocenters. The Morgan fingerprint density at radius 2 is 1.50 bits per heavy atom. The van der Waals surface area contributed by atoms with Gasteiger partial charge in [0, 0.05) is 38.8 Å². The SMILES string of the molecule is Cc1ccc(CN2CCN(C3CCN(S(=O)(=O)c4ccc(F)cc4)CC3)C(=O)C2=O)cc1. The molecular formula is C23H26FN3O4S. The van der Waals surface area contributed by atoms with E-state index in [1.54, 1.807) is 9.80 Å². The molecule has 0 atom stereocenters. The minimum atomic E-state index is -3.72. The molecule has 0 radical (unpaired) electrons. The van der Waals surface area contributed by atoms with Gasteiger partial charge in [0.2, 0.25) is 10.0 Å². The molecule has 2 aromatic rings. The molecule has 2 amide bonds. The Bertz CT molecular complexity index is 1100. The van der Waals surface area contributed by atoms with Crippen molar-refractivity contribution in [2.24, 2.45) is 0 Å². The number of piperidine rings is 1. The van der Waals surface area contributed by atoms with Crippen molar-refractivity contribution in [1.82, 2.24) is 14.1 Å². The predicted molar refractivity (Wildman–Crippen MR) is 116 cm³/mol. The van der Waals surface area contributed by atoms with Gasteiger partial charge in [-0.2, -0.15) is 4.31 Å². The number of sulfonamides is 1. The molecule has 2 fully saturated rings. The Hall–Kier alpha value is -2.78. The number of carbonyl (C=O) groups is 2. The summed E-state index contributed by atoms with van der Waals surface area (Å²) in [6.07, 6.45) is 0.912. The van der Waals surface area contributed by atoms with Crippen LogP contribution in [0.25, 0.3) is 0 Å². The quantitative estimate of drug-likeness (QED) is 0.642. The molecule has 0 aliphatic carbocycles. The Morgan fingerprint density at radius 3 is 2.12 bits per heavy atom. The molecule has 2 saturated heterocycles.